The maximum Gasteiger partial charge on any atom is 0.343 e. The van der Waals surface area contributed by atoms with E-state index < -0.39 is 11.2 Å². The van der Waals surface area contributed by atoms with Gasteiger partial charge >= 0.3 is 5.63 Å². The summed E-state index contributed by atoms with van der Waals surface area (Å²) in [4.78, 5) is 12.4. The molecule has 0 aliphatic carbocycles. The summed E-state index contributed by atoms with van der Waals surface area (Å²) in [6, 6.07) is 12.4. The number of aliphatic hydroxyl groups excluding tert-OH is 1. The van der Waals surface area contributed by atoms with Gasteiger partial charge in [-0.05, 0) is 37.6 Å². The summed E-state index contributed by atoms with van der Waals surface area (Å²) >= 11 is 0. The average molecular weight is 370 g/mol. The molecule has 3 rings (SSSR count). The van der Waals surface area contributed by atoms with E-state index in [4.69, 9.17) is 19.0 Å². The van der Waals surface area contributed by atoms with Crippen molar-refractivity contribution in [2.24, 2.45) is 0 Å². The van der Waals surface area contributed by atoms with Gasteiger partial charge < -0.3 is 24.1 Å². The van der Waals surface area contributed by atoms with Crippen LogP contribution in [0.4, 0.5) is 0 Å². The number of hydrogen-bond acceptors (Lipinski definition) is 6. The first kappa shape index (κ1) is 18.9. The molecule has 0 aliphatic rings. The number of hydrogen-bond donors (Lipinski definition) is 2. The Bertz CT molecular complexity index is 1010. The number of ether oxygens (including phenoxy) is 2. The predicted molar refractivity (Wildman–Crippen MR) is 102 cm³/mol. The third-order valence-corrected chi connectivity index (χ3v) is 4.19. The van der Waals surface area contributed by atoms with Crippen LogP contribution in [0, 0.1) is 0 Å². The smallest absolute Gasteiger partial charge is 0.343 e. The molecule has 2 N–H and O–H groups in total. The summed E-state index contributed by atoms with van der Waals surface area (Å²) in [5.74, 6) is 1.14. The van der Waals surface area contributed by atoms with Crippen molar-refractivity contribution in [3.8, 4) is 22.6 Å². The molecule has 0 fully saturated rings. The van der Waals surface area contributed by atoms with Gasteiger partial charge in [0.1, 0.15) is 18.0 Å². The number of benzene rings is 2. The highest BCUT2D eigenvalue weighted by Crippen LogP contribution is 2.39. The molecular weight excluding hydrogens is 348 g/mol. The van der Waals surface area contributed by atoms with Crippen molar-refractivity contribution in [3.05, 3.63) is 58.6 Å². The minimum absolute atomic E-state index is 0.109. The minimum atomic E-state index is -1.36. The molecule has 0 amide bonds. The quantitative estimate of drug-likeness (QED) is 0.693. The monoisotopic (exact) mass is 370 g/mol. The van der Waals surface area contributed by atoms with Crippen molar-refractivity contribution in [2.45, 2.75) is 19.4 Å². The lowest BCUT2D eigenvalue weighted by Gasteiger charge is -2.21. The molecule has 1 aromatic heterocycles. The first-order chi connectivity index (χ1) is 12.9. The maximum absolute atomic E-state index is 12.4. The van der Waals surface area contributed by atoms with Gasteiger partial charge in [0.15, 0.2) is 11.5 Å². The molecule has 0 atom stereocenters. The van der Waals surface area contributed by atoms with Gasteiger partial charge in [-0.1, -0.05) is 24.3 Å². The zero-order valence-corrected chi connectivity index (χ0v) is 15.5. The van der Waals surface area contributed by atoms with E-state index in [2.05, 4.69) is 0 Å². The van der Waals surface area contributed by atoms with Crippen molar-refractivity contribution in [1.82, 2.24) is 0 Å². The zero-order valence-electron chi connectivity index (χ0n) is 15.5. The van der Waals surface area contributed by atoms with Gasteiger partial charge in [-0.3, -0.25) is 0 Å². The Morgan fingerprint density at radius 1 is 1.07 bits per heavy atom. The second-order valence-electron chi connectivity index (χ2n) is 6.64. The molecule has 6 heteroatoms. The predicted octanol–water partition coefficient (Wildman–Crippen LogP) is 3.07. The fourth-order valence-corrected chi connectivity index (χ4v) is 3.02. The second kappa shape index (κ2) is 7.42. The average Bonchev–Trinajstić information content (AvgIpc) is 2.65. The van der Waals surface area contributed by atoms with Crippen LogP contribution < -0.4 is 15.1 Å². The van der Waals surface area contributed by atoms with Crippen LogP contribution in [-0.4, -0.2) is 30.5 Å². The van der Waals surface area contributed by atoms with Gasteiger partial charge in [0.2, 0.25) is 0 Å². The Morgan fingerprint density at radius 3 is 2.41 bits per heavy atom. The second-order valence-corrected chi connectivity index (χ2v) is 6.64. The highest BCUT2D eigenvalue weighted by Gasteiger charge is 2.27. The molecule has 0 unspecified atom stereocenters. The molecule has 6 nitrogen and oxygen atoms in total. The van der Waals surface area contributed by atoms with E-state index >= 15 is 0 Å². The molecule has 27 heavy (non-hydrogen) atoms. The number of methoxy groups -OCH3 is 1. The van der Waals surface area contributed by atoms with Crippen LogP contribution >= 0.6 is 0 Å². The molecule has 0 saturated carbocycles. The van der Waals surface area contributed by atoms with Crippen LogP contribution in [0.2, 0.25) is 0 Å². The van der Waals surface area contributed by atoms with Gasteiger partial charge in [-0.25, -0.2) is 4.79 Å². The minimum Gasteiger partial charge on any atom is -0.493 e. The summed E-state index contributed by atoms with van der Waals surface area (Å²) < 4.78 is 16.4. The molecule has 3 aromatic rings. The lowest BCUT2D eigenvalue weighted by atomic mass is 9.92. The molecule has 0 radical (unpaired) electrons. The molecule has 0 saturated heterocycles. The fraction of sp³-hybridized carbons (Fsp3) is 0.286. The van der Waals surface area contributed by atoms with Crippen LogP contribution in [0.5, 0.6) is 11.5 Å². The normalized spacial score (nSPS) is 11.6. The van der Waals surface area contributed by atoms with Crippen LogP contribution in [0.15, 0.2) is 51.7 Å². The first-order valence-electron chi connectivity index (χ1n) is 8.57. The lowest BCUT2D eigenvalue weighted by Crippen LogP contribution is -2.20. The van der Waals surface area contributed by atoms with E-state index in [1.165, 1.54) is 7.11 Å². The summed E-state index contributed by atoms with van der Waals surface area (Å²) in [6.45, 7) is 3.18. The van der Waals surface area contributed by atoms with Gasteiger partial charge in [0.05, 0.1) is 19.1 Å². The number of rotatable bonds is 6. The van der Waals surface area contributed by atoms with Crippen molar-refractivity contribution in [1.29, 1.82) is 0 Å². The molecular formula is C21H22O6. The third kappa shape index (κ3) is 3.67. The summed E-state index contributed by atoms with van der Waals surface area (Å²) in [7, 11) is 1.52. The van der Waals surface area contributed by atoms with E-state index in [0.29, 0.717) is 33.4 Å². The van der Waals surface area contributed by atoms with E-state index in [-0.39, 0.29) is 19.0 Å². The van der Waals surface area contributed by atoms with Gasteiger partial charge in [-0.15, -0.1) is 0 Å². The number of fused-ring (bicyclic) bond motifs is 1. The Balaban J connectivity index is 2.30. The molecule has 142 valence electrons. The lowest BCUT2D eigenvalue weighted by molar-refractivity contribution is 0.0521. The third-order valence-electron chi connectivity index (χ3n) is 4.19. The van der Waals surface area contributed by atoms with Gasteiger partial charge in [0.25, 0.3) is 0 Å². The van der Waals surface area contributed by atoms with E-state index in [9.17, 15) is 9.90 Å². The molecule has 1 heterocycles. The van der Waals surface area contributed by atoms with Crippen molar-refractivity contribution < 1.29 is 24.1 Å². The van der Waals surface area contributed by atoms with E-state index in [1.54, 1.807) is 44.2 Å². The van der Waals surface area contributed by atoms with E-state index in [1.807, 2.05) is 12.1 Å². The van der Waals surface area contributed by atoms with Crippen LogP contribution in [0.25, 0.3) is 21.9 Å². The van der Waals surface area contributed by atoms with Crippen LogP contribution in [-0.2, 0) is 5.60 Å². The topological polar surface area (TPSA) is 89.1 Å². The Labute approximate surface area is 156 Å². The summed E-state index contributed by atoms with van der Waals surface area (Å²) in [5, 5.41) is 20.7. The molecule has 0 bridgehead atoms. The highest BCUT2D eigenvalue weighted by molar-refractivity contribution is 5.97. The molecule has 0 aliphatic heterocycles. The standard InChI is InChI=1S/C21H22O6/c1-21(2,24)19-18(14-6-4-5-7-15(14)20(23)27-19)13-8-9-16(26-11-10-22)17(12-13)25-3/h4-9,12,22,24H,10-11H2,1-3H3. The van der Waals surface area contributed by atoms with Crippen LogP contribution in [0.1, 0.15) is 19.6 Å². The largest absolute Gasteiger partial charge is 0.493 e. The van der Waals surface area contributed by atoms with Gasteiger partial charge in [-0.2, -0.15) is 0 Å². The Hall–Kier alpha value is -2.83. The fourth-order valence-electron chi connectivity index (χ4n) is 3.02. The zero-order chi connectivity index (χ0) is 19.6. The highest BCUT2D eigenvalue weighted by atomic mass is 16.5. The summed E-state index contributed by atoms with van der Waals surface area (Å²) in [6.07, 6.45) is 0. The molecule has 2 aromatic carbocycles. The Morgan fingerprint density at radius 2 is 1.78 bits per heavy atom. The molecule has 0 spiro atoms. The SMILES string of the molecule is COc1cc(-c2c(C(C)(C)O)oc(=O)c3ccccc23)ccc1OCCO. The van der Waals surface area contributed by atoms with Crippen molar-refractivity contribution in [2.75, 3.05) is 20.3 Å². The van der Waals surface area contributed by atoms with E-state index in [0.717, 1.165) is 0 Å². The van der Waals surface area contributed by atoms with Gasteiger partial charge in [0, 0.05) is 10.9 Å². The first-order valence-corrected chi connectivity index (χ1v) is 8.57. The maximum atomic E-state index is 12.4. The van der Waals surface area contributed by atoms with Crippen molar-refractivity contribution >= 4 is 10.8 Å². The van der Waals surface area contributed by atoms with Crippen molar-refractivity contribution in [3.63, 3.8) is 0 Å². The number of aliphatic hydroxyl groups is 2. The Kier molecular flexibility index (Phi) is 5.21. The van der Waals surface area contributed by atoms with Crippen LogP contribution in [0.3, 0.4) is 0 Å². The summed E-state index contributed by atoms with van der Waals surface area (Å²) in [5.41, 5.74) is -0.538.